The highest BCUT2D eigenvalue weighted by Crippen LogP contribution is 2.30. The molecule has 0 aromatic heterocycles. The average molecular weight is 344 g/mol. The molecule has 0 saturated carbocycles. The first kappa shape index (κ1) is 15.6. The first-order valence-corrected chi connectivity index (χ1v) is 7.02. The zero-order valence-corrected chi connectivity index (χ0v) is 12.6. The Kier molecular flexibility index (Phi) is 3.97. The molecule has 1 aliphatic heterocycles. The molecule has 0 aliphatic carbocycles. The van der Waals surface area contributed by atoms with Gasteiger partial charge in [-0.15, -0.1) is 5.10 Å². The van der Waals surface area contributed by atoms with Gasteiger partial charge in [-0.3, -0.25) is 14.9 Å². The first-order valence-electron chi connectivity index (χ1n) is 6.64. The van der Waals surface area contributed by atoms with E-state index in [9.17, 15) is 20.0 Å². The number of fused-ring (bicyclic) bond motifs is 1. The van der Waals surface area contributed by atoms with Crippen LogP contribution in [-0.4, -0.2) is 22.8 Å². The van der Waals surface area contributed by atoms with Crippen molar-refractivity contribution in [3.8, 4) is 5.75 Å². The van der Waals surface area contributed by atoms with Gasteiger partial charge in [-0.2, -0.15) is 5.10 Å². The Morgan fingerprint density at radius 2 is 2.00 bits per heavy atom. The third-order valence-corrected chi connectivity index (χ3v) is 3.48. The normalized spacial score (nSPS) is 14.9. The summed E-state index contributed by atoms with van der Waals surface area (Å²) >= 11 is 5.76. The van der Waals surface area contributed by atoms with Crippen LogP contribution in [0.1, 0.15) is 11.1 Å². The van der Waals surface area contributed by atoms with Crippen molar-refractivity contribution in [1.29, 1.82) is 0 Å². The number of carbonyl (C=O) groups excluding carboxylic acids is 1. The van der Waals surface area contributed by atoms with Gasteiger partial charge in [0.05, 0.1) is 16.8 Å². The summed E-state index contributed by atoms with van der Waals surface area (Å²) in [4.78, 5) is 21.8. The fourth-order valence-electron chi connectivity index (χ4n) is 2.18. The molecule has 1 N–H and O–H groups in total. The van der Waals surface area contributed by atoms with Crippen molar-refractivity contribution in [3.63, 3.8) is 0 Å². The van der Waals surface area contributed by atoms with Gasteiger partial charge in [0.2, 0.25) is 0 Å². The first-order chi connectivity index (χ1) is 11.5. The Labute approximate surface area is 140 Å². The molecule has 1 heterocycles. The molecule has 0 atom stereocenters. The Morgan fingerprint density at radius 1 is 1.25 bits per heavy atom. The lowest BCUT2D eigenvalue weighted by Gasteiger charge is -2.10. The van der Waals surface area contributed by atoms with Crippen LogP contribution in [0, 0.1) is 10.1 Å². The standard InChI is InChI=1S/C15H9ClN4O4/c16-9-5-8(14(21)12(6-9)20(23)24)7-17-19-13-10-3-1-2-4-11(10)18-15(13)22/h1-7,21H,(H,18,19,22)/p-1/b17-7-. The van der Waals surface area contributed by atoms with Gasteiger partial charge >= 0.3 is 0 Å². The summed E-state index contributed by atoms with van der Waals surface area (Å²) in [7, 11) is 0. The number of hydrogen-bond acceptors (Lipinski definition) is 6. The number of nitrogens with zero attached hydrogens (tertiary/aromatic N) is 3. The van der Waals surface area contributed by atoms with Crippen molar-refractivity contribution in [2.24, 2.45) is 10.2 Å². The van der Waals surface area contributed by atoms with E-state index >= 15 is 0 Å². The zero-order chi connectivity index (χ0) is 17.3. The van der Waals surface area contributed by atoms with Crippen molar-refractivity contribution in [1.82, 2.24) is 0 Å². The van der Waals surface area contributed by atoms with Crippen LogP contribution in [0.25, 0.3) is 0 Å². The van der Waals surface area contributed by atoms with Crippen LogP contribution in [0.5, 0.6) is 5.75 Å². The van der Waals surface area contributed by atoms with E-state index in [1.54, 1.807) is 24.3 Å². The number of carbonyl (C=O) groups is 1. The maximum absolute atomic E-state index is 11.9. The molecule has 0 spiro atoms. The number of anilines is 1. The second-order valence-electron chi connectivity index (χ2n) is 4.79. The van der Waals surface area contributed by atoms with E-state index in [1.807, 2.05) is 0 Å². The maximum Gasteiger partial charge on any atom is 0.276 e. The number of nitro benzene ring substituents is 1. The van der Waals surface area contributed by atoms with E-state index in [0.29, 0.717) is 11.3 Å². The molecule has 2 aromatic rings. The second kappa shape index (κ2) is 6.09. The number of rotatable bonds is 3. The van der Waals surface area contributed by atoms with E-state index in [1.165, 1.54) is 6.07 Å². The molecule has 24 heavy (non-hydrogen) atoms. The minimum atomic E-state index is -0.829. The van der Waals surface area contributed by atoms with Gasteiger partial charge in [-0.1, -0.05) is 29.8 Å². The summed E-state index contributed by atoms with van der Waals surface area (Å²) in [5, 5.41) is 32.9. The van der Waals surface area contributed by atoms with Crippen molar-refractivity contribution < 1.29 is 14.8 Å². The summed E-state index contributed by atoms with van der Waals surface area (Å²) in [6, 6.07) is 9.13. The highest BCUT2D eigenvalue weighted by atomic mass is 35.5. The summed E-state index contributed by atoms with van der Waals surface area (Å²) < 4.78 is 0. The molecule has 9 heteroatoms. The Balaban J connectivity index is 1.96. The molecule has 0 saturated heterocycles. The lowest BCUT2D eigenvalue weighted by Crippen LogP contribution is -2.13. The van der Waals surface area contributed by atoms with Gasteiger partial charge in [0.15, 0.2) is 5.71 Å². The second-order valence-corrected chi connectivity index (χ2v) is 5.23. The summed E-state index contributed by atoms with van der Waals surface area (Å²) in [6.45, 7) is 0. The molecule has 3 rings (SSSR count). The molecule has 0 bridgehead atoms. The maximum atomic E-state index is 11.9. The van der Waals surface area contributed by atoms with Gasteiger partial charge < -0.3 is 10.4 Å². The van der Waals surface area contributed by atoms with Crippen LogP contribution in [0.3, 0.4) is 0 Å². The fraction of sp³-hybridized carbons (Fsp3) is 0. The number of hydrogen-bond donors (Lipinski definition) is 1. The average Bonchev–Trinajstić information content (AvgIpc) is 2.86. The number of para-hydroxylation sites is 1. The minimum Gasteiger partial charge on any atom is -0.867 e. The predicted molar refractivity (Wildman–Crippen MR) is 86.8 cm³/mol. The van der Waals surface area contributed by atoms with Crippen LogP contribution >= 0.6 is 11.6 Å². The quantitative estimate of drug-likeness (QED) is 0.521. The number of nitrogens with one attached hydrogen (secondary N) is 1. The number of benzene rings is 2. The number of nitro groups is 1. The zero-order valence-electron chi connectivity index (χ0n) is 11.9. The minimum absolute atomic E-state index is 0.0272. The molecule has 120 valence electrons. The van der Waals surface area contributed by atoms with Crippen molar-refractivity contribution >= 4 is 40.8 Å². The summed E-state index contributed by atoms with van der Waals surface area (Å²) in [5.74, 6) is -1.25. The van der Waals surface area contributed by atoms with Gasteiger partial charge in [0, 0.05) is 16.7 Å². The van der Waals surface area contributed by atoms with Gasteiger partial charge in [-0.05, 0) is 23.4 Å². The highest BCUT2D eigenvalue weighted by Gasteiger charge is 2.25. The Bertz CT molecular complexity index is 924. The Hall–Kier alpha value is -3.26. The van der Waals surface area contributed by atoms with Crippen molar-refractivity contribution in [2.75, 3.05) is 5.32 Å². The number of amides is 1. The molecule has 2 aromatic carbocycles. The largest absolute Gasteiger partial charge is 0.867 e. The predicted octanol–water partition coefficient (Wildman–Crippen LogP) is 2.10. The van der Waals surface area contributed by atoms with Crippen LogP contribution in [-0.2, 0) is 4.79 Å². The molecule has 1 aliphatic rings. The third-order valence-electron chi connectivity index (χ3n) is 3.26. The molecular weight excluding hydrogens is 336 g/mol. The van der Waals surface area contributed by atoms with Crippen LogP contribution in [0.4, 0.5) is 11.4 Å². The van der Waals surface area contributed by atoms with Crippen LogP contribution in [0.15, 0.2) is 46.6 Å². The molecule has 0 radical (unpaired) electrons. The van der Waals surface area contributed by atoms with Gasteiger partial charge in [-0.25, -0.2) is 0 Å². The topological polar surface area (TPSA) is 120 Å². The molecule has 0 fully saturated rings. The highest BCUT2D eigenvalue weighted by molar-refractivity contribution is 6.53. The molecule has 1 amide bonds. The van der Waals surface area contributed by atoms with Crippen molar-refractivity contribution in [2.45, 2.75) is 0 Å². The summed E-state index contributed by atoms with van der Waals surface area (Å²) in [6.07, 6.45) is 1.03. The lowest BCUT2D eigenvalue weighted by atomic mass is 10.1. The van der Waals surface area contributed by atoms with Gasteiger partial charge in [0.1, 0.15) is 0 Å². The van der Waals surface area contributed by atoms with Gasteiger partial charge in [0.25, 0.3) is 11.6 Å². The molecule has 0 unspecified atom stereocenters. The van der Waals surface area contributed by atoms with E-state index < -0.39 is 22.3 Å². The SMILES string of the molecule is O=C1Nc2ccccc2/C1=N/N=C\c1cc(Cl)cc([N+](=O)[O-])c1[O-]. The number of halogens is 1. The fourth-order valence-corrected chi connectivity index (χ4v) is 2.40. The summed E-state index contributed by atoms with van der Waals surface area (Å²) in [5.41, 5.74) is 0.537. The van der Waals surface area contributed by atoms with Crippen LogP contribution < -0.4 is 10.4 Å². The smallest absolute Gasteiger partial charge is 0.276 e. The van der Waals surface area contributed by atoms with E-state index in [-0.39, 0.29) is 16.3 Å². The van der Waals surface area contributed by atoms with E-state index in [4.69, 9.17) is 11.6 Å². The van der Waals surface area contributed by atoms with Crippen LogP contribution in [0.2, 0.25) is 5.02 Å². The lowest BCUT2D eigenvalue weighted by molar-refractivity contribution is -0.398. The van der Waals surface area contributed by atoms with Crippen molar-refractivity contribution in [3.05, 3.63) is 62.7 Å². The third kappa shape index (κ3) is 2.82. The molecule has 8 nitrogen and oxygen atoms in total. The Morgan fingerprint density at radius 3 is 2.75 bits per heavy atom. The van der Waals surface area contributed by atoms with E-state index in [2.05, 4.69) is 15.5 Å². The van der Waals surface area contributed by atoms with E-state index in [0.717, 1.165) is 12.3 Å². The monoisotopic (exact) mass is 343 g/mol. The molecular formula is C15H8ClN4O4-.